The fraction of sp³-hybridized carbons (Fsp3) is 0.500. The van der Waals surface area contributed by atoms with E-state index in [2.05, 4.69) is 15.3 Å². The summed E-state index contributed by atoms with van der Waals surface area (Å²) in [6, 6.07) is -0.689. The van der Waals surface area contributed by atoms with Gasteiger partial charge in [0.15, 0.2) is 5.78 Å². The van der Waals surface area contributed by atoms with Crippen molar-refractivity contribution in [2.75, 3.05) is 0 Å². The molecule has 0 spiro atoms. The van der Waals surface area contributed by atoms with Gasteiger partial charge in [0.25, 0.3) is 0 Å². The molecule has 1 atom stereocenters. The number of hydrogen-bond acceptors (Lipinski definition) is 5. The van der Waals surface area contributed by atoms with Crippen molar-refractivity contribution in [2.24, 2.45) is 0 Å². The first kappa shape index (κ1) is 14.1. The number of carbonyl (C=O) groups excluding carboxylic acids is 2. The zero-order valence-electron chi connectivity index (χ0n) is 10.9. The molecule has 0 aromatic carbocycles. The minimum atomic E-state index is -0.689. The number of ketones is 1. The number of Topliss-reactive ketones (excluding diaryl/α,β-unsaturated/α-hetero) is 1. The Balaban J connectivity index is 2.59. The SMILES string of the molecule is CC(NC(=O)OC(C)(C)C)C(=O)c1cncnc1. The predicted molar refractivity (Wildman–Crippen MR) is 65.2 cm³/mol. The summed E-state index contributed by atoms with van der Waals surface area (Å²) in [6.07, 6.45) is 3.52. The molecule has 1 aromatic rings. The minimum Gasteiger partial charge on any atom is -0.444 e. The number of nitrogens with one attached hydrogen (secondary N) is 1. The highest BCUT2D eigenvalue weighted by molar-refractivity contribution is 6.00. The lowest BCUT2D eigenvalue weighted by Crippen LogP contribution is -2.41. The maximum absolute atomic E-state index is 11.9. The Morgan fingerprint density at radius 3 is 2.33 bits per heavy atom. The van der Waals surface area contributed by atoms with Gasteiger partial charge >= 0.3 is 6.09 Å². The Hall–Kier alpha value is -1.98. The summed E-state index contributed by atoms with van der Waals surface area (Å²) in [6.45, 7) is 6.84. The third-order valence-electron chi connectivity index (χ3n) is 1.97. The highest BCUT2D eigenvalue weighted by Crippen LogP contribution is 2.07. The number of ether oxygens (including phenoxy) is 1. The summed E-state index contributed by atoms with van der Waals surface area (Å²) in [5, 5.41) is 2.47. The van der Waals surface area contributed by atoms with Crippen LogP contribution in [0.1, 0.15) is 38.1 Å². The maximum atomic E-state index is 11.9. The predicted octanol–water partition coefficient (Wildman–Crippen LogP) is 1.57. The molecule has 0 fully saturated rings. The van der Waals surface area contributed by atoms with E-state index in [0.29, 0.717) is 5.56 Å². The number of nitrogens with zero attached hydrogens (tertiary/aromatic N) is 2. The van der Waals surface area contributed by atoms with Crippen molar-refractivity contribution in [1.82, 2.24) is 15.3 Å². The van der Waals surface area contributed by atoms with E-state index >= 15 is 0 Å². The van der Waals surface area contributed by atoms with E-state index in [1.54, 1.807) is 27.7 Å². The smallest absolute Gasteiger partial charge is 0.408 e. The molecule has 1 heterocycles. The van der Waals surface area contributed by atoms with Gasteiger partial charge in [-0.15, -0.1) is 0 Å². The molecule has 1 aromatic heterocycles. The van der Waals surface area contributed by atoms with Crippen LogP contribution in [-0.4, -0.2) is 33.5 Å². The van der Waals surface area contributed by atoms with Crippen LogP contribution in [0.2, 0.25) is 0 Å². The summed E-state index contributed by atoms with van der Waals surface area (Å²) >= 11 is 0. The molecule has 0 radical (unpaired) electrons. The van der Waals surface area contributed by atoms with Gasteiger partial charge in [-0.3, -0.25) is 4.79 Å². The van der Waals surface area contributed by atoms with E-state index in [1.807, 2.05) is 0 Å². The molecule has 98 valence electrons. The number of aromatic nitrogens is 2. The Kier molecular flexibility index (Phi) is 4.36. The van der Waals surface area contributed by atoms with Crippen molar-refractivity contribution in [3.8, 4) is 0 Å². The molecule has 1 amide bonds. The Morgan fingerprint density at radius 1 is 1.28 bits per heavy atom. The summed E-state index contributed by atoms with van der Waals surface area (Å²) < 4.78 is 5.06. The van der Waals surface area contributed by atoms with Gasteiger partial charge in [-0.25, -0.2) is 14.8 Å². The first-order valence-electron chi connectivity index (χ1n) is 5.58. The van der Waals surface area contributed by atoms with E-state index in [9.17, 15) is 9.59 Å². The number of rotatable bonds is 3. The Labute approximate surface area is 106 Å². The van der Waals surface area contributed by atoms with Crippen LogP contribution in [0.3, 0.4) is 0 Å². The molecule has 0 aliphatic carbocycles. The molecule has 6 heteroatoms. The zero-order chi connectivity index (χ0) is 13.8. The van der Waals surface area contributed by atoms with Gasteiger partial charge in [0.2, 0.25) is 0 Å². The Morgan fingerprint density at radius 2 is 1.83 bits per heavy atom. The molecule has 1 rings (SSSR count). The van der Waals surface area contributed by atoms with E-state index in [4.69, 9.17) is 4.74 Å². The molecule has 18 heavy (non-hydrogen) atoms. The van der Waals surface area contributed by atoms with Crippen LogP contribution in [-0.2, 0) is 4.74 Å². The monoisotopic (exact) mass is 251 g/mol. The van der Waals surface area contributed by atoms with Crippen molar-refractivity contribution in [2.45, 2.75) is 39.3 Å². The van der Waals surface area contributed by atoms with Gasteiger partial charge < -0.3 is 10.1 Å². The van der Waals surface area contributed by atoms with Crippen molar-refractivity contribution in [1.29, 1.82) is 0 Å². The number of carbonyl (C=O) groups is 2. The first-order chi connectivity index (χ1) is 8.29. The van der Waals surface area contributed by atoms with Crippen LogP contribution in [0, 0.1) is 0 Å². The molecule has 0 aliphatic heterocycles. The fourth-order valence-corrected chi connectivity index (χ4v) is 1.23. The molecular formula is C12H17N3O3. The molecule has 1 unspecified atom stereocenters. The number of hydrogen-bond donors (Lipinski definition) is 1. The van der Waals surface area contributed by atoms with Crippen molar-refractivity contribution >= 4 is 11.9 Å². The Bertz CT molecular complexity index is 426. The summed E-state index contributed by atoms with van der Waals surface area (Å²) in [4.78, 5) is 30.9. The molecule has 6 nitrogen and oxygen atoms in total. The van der Waals surface area contributed by atoms with Crippen LogP contribution in [0.15, 0.2) is 18.7 Å². The standard InChI is InChI=1S/C12H17N3O3/c1-8(15-11(17)18-12(2,3)4)10(16)9-5-13-7-14-6-9/h5-8H,1-4H3,(H,15,17). The van der Waals surface area contributed by atoms with Crippen LogP contribution in [0.4, 0.5) is 4.79 Å². The topological polar surface area (TPSA) is 81.2 Å². The van der Waals surface area contributed by atoms with Gasteiger partial charge in [-0.05, 0) is 27.7 Å². The van der Waals surface area contributed by atoms with Crippen LogP contribution in [0.5, 0.6) is 0 Å². The average molecular weight is 251 g/mol. The van der Waals surface area contributed by atoms with Gasteiger partial charge in [-0.1, -0.05) is 0 Å². The highest BCUT2D eigenvalue weighted by Gasteiger charge is 2.21. The highest BCUT2D eigenvalue weighted by atomic mass is 16.6. The lowest BCUT2D eigenvalue weighted by Gasteiger charge is -2.21. The molecule has 0 bridgehead atoms. The normalized spacial score (nSPS) is 12.7. The van der Waals surface area contributed by atoms with Crippen molar-refractivity contribution < 1.29 is 14.3 Å². The lowest BCUT2D eigenvalue weighted by molar-refractivity contribution is 0.0496. The quantitative estimate of drug-likeness (QED) is 0.825. The molecule has 1 N–H and O–H groups in total. The van der Waals surface area contributed by atoms with Crippen molar-refractivity contribution in [3.05, 3.63) is 24.3 Å². The second-order valence-corrected chi connectivity index (χ2v) is 4.86. The van der Waals surface area contributed by atoms with Gasteiger partial charge in [0.05, 0.1) is 11.6 Å². The second kappa shape index (κ2) is 5.57. The third-order valence-corrected chi connectivity index (χ3v) is 1.97. The third kappa shape index (κ3) is 4.48. The first-order valence-corrected chi connectivity index (χ1v) is 5.58. The van der Waals surface area contributed by atoms with Crippen LogP contribution in [0.25, 0.3) is 0 Å². The van der Waals surface area contributed by atoms with Crippen LogP contribution >= 0.6 is 0 Å². The van der Waals surface area contributed by atoms with E-state index < -0.39 is 17.7 Å². The summed E-state index contributed by atoms with van der Waals surface area (Å²) in [5.74, 6) is -0.263. The fourth-order valence-electron chi connectivity index (χ4n) is 1.23. The minimum absolute atomic E-state index is 0.263. The summed E-state index contributed by atoms with van der Waals surface area (Å²) in [7, 11) is 0. The zero-order valence-corrected chi connectivity index (χ0v) is 10.9. The lowest BCUT2D eigenvalue weighted by atomic mass is 10.1. The molecular weight excluding hydrogens is 234 g/mol. The maximum Gasteiger partial charge on any atom is 0.408 e. The number of amides is 1. The average Bonchev–Trinajstić information content (AvgIpc) is 2.26. The van der Waals surface area contributed by atoms with Gasteiger partial charge in [0.1, 0.15) is 11.9 Å². The van der Waals surface area contributed by atoms with Gasteiger partial charge in [-0.2, -0.15) is 0 Å². The van der Waals surface area contributed by atoms with E-state index in [0.717, 1.165) is 0 Å². The molecule has 0 aliphatic rings. The largest absolute Gasteiger partial charge is 0.444 e. The van der Waals surface area contributed by atoms with Gasteiger partial charge in [0, 0.05) is 12.4 Å². The second-order valence-electron chi connectivity index (χ2n) is 4.86. The molecule has 0 saturated heterocycles. The number of alkyl carbamates (subject to hydrolysis) is 1. The van der Waals surface area contributed by atoms with Crippen molar-refractivity contribution in [3.63, 3.8) is 0 Å². The van der Waals surface area contributed by atoms with E-state index in [-0.39, 0.29) is 5.78 Å². The summed E-state index contributed by atoms with van der Waals surface area (Å²) in [5.41, 5.74) is -0.246. The van der Waals surface area contributed by atoms with Crippen LogP contribution < -0.4 is 5.32 Å². The molecule has 0 saturated carbocycles. The van der Waals surface area contributed by atoms with E-state index in [1.165, 1.54) is 18.7 Å².